The lowest BCUT2D eigenvalue weighted by Crippen LogP contribution is -2.76. The minimum atomic E-state index is -8.41. The summed E-state index contributed by atoms with van der Waals surface area (Å²) in [4.78, 5) is 11.5. The van der Waals surface area contributed by atoms with Crippen LogP contribution >= 0.6 is 0 Å². The van der Waals surface area contributed by atoms with E-state index < -0.39 is 79.3 Å². The Morgan fingerprint density at radius 2 is 1.00 bits per heavy atom. The molecule has 19 heteroatoms. The van der Waals surface area contributed by atoms with E-state index >= 15 is 0 Å². The van der Waals surface area contributed by atoms with Gasteiger partial charge in [0.2, 0.25) is 0 Å². The first-order valence-corrected chi connectivity index (χ1v) is 8.04. The average molecular weight is 530 g/mol. The van der Waals surface area contributed by atoms with Crippen molar-refractivity contribution >= 4 is 5.97 Å². The number of ether oxygens (including phenoxy) is 1. The Labute approximate surface area is 173 Å². The molecule has 0 aliphatic rings. The topological polar surface area (TPSA) is 66.8 Å². The van der Waals surface area contributed by atoms with Crippen LogP contribution in [-0.4, -0.2) is 77.7 Å². The minimum absolute atomic E-state index is 0.610. The maximum atomic E-state index is 14.5. The van der Waals surface area contributed by atoms with Crippen LogP contribution in [0.4, 0.5) is 65.9 Å². The molecule has 33 heavy (non-hydrogen) atoms. The Kier molecular flexibility index (Phi) is 8.40. The van der Waals surface area contributed by atoms with Gasteiger partial charge in [-0.3, -0.25) is 0 Å². The summed E-state index contributed by atoms with van der Waals surface area (Å²) in [6.07, 6.45) is -16.1. The Bertz CT molecular complexity index is 687. The van der Waals surface area contributed by atoms with E-state index in [9.17, 15) is 70.7 Å². The quantitative estimate of drug-likeness (QED) is 0.327. The summed E-state index contributed by atoms with van der Waals surface area (Å²) in [6, 6.07) is 0. The first-order chi connectivity index (χ1) is 14.3. The summed E-state index contributed by atoms with van der Waals surface area (Å²) in [5, 5.41) is 18.0. The van der Waals surface area contributed by atoms with Gasteiger partial charge in [0.25, 0.3) is 0 Å². The zero-order valence-electron chi connectivity index (χ0n) is 15.7. The largest absolute Gasteiger partial charge is 0.462 e. The van der Waals surface area contributed by atoms with Crippen LogP contribution in [0, 0.1) is 5.41 Å². The van der Waals surface area contributed by atoms with Crippen LogP contribution in [0.3, 0.4) is 0 Å². The lowest BCUT2D eigenvalue weighted by Gasteiger charge is -2.42. The van der Waals surface area contributed by atoms with Crippen molar-refractivity contribution in [3.8, 4) is 0 Å². The van der Waals surface area contributed by atoms with Crippen molar-refractivity contribution in [1.82, 2.24) is 0 Å². The van der Waals surface area contributed by atoms with Crippen molar-refractivity contribution in [1.29, 1.82) is 0 Å². The molecule has 198 valence electrons. The van der Waals surface area contributed by atoms with Gasteiger partial charge in [0.05, 0.1) is 18.6 Å². The molecule has 0 amide bonds. The van der Waals surface area contributed by atoms with E-state index in [0.29, 0.717) is 0 Å². The number of hydrogen-bond donors (Lipinski definition) is 2. The maximum Gasteiger partial charge on any atom is 0.460 e. The highest BCUT2D eigenvalue weighted by atomic mass is 19.4. The van der Waals surface area contributed by atoms with Gasteiger partial charge in [-0.1, -0.05) is 6.92 Å². The SMILES string of the molecule is CCC(CO)(CO)COC(=O)C(F)(C(F)(F)C(F)(F)F)C(F)(F)C(F)(F)C(F)(F)C(F)(F)F. The third kappa shape index (κ3) is 4.53. The predicted molar refractivity (Wildman–Crippen MR) is 73.6 cm³/mol. The number of carbonyl (C=O) groups is 1. The van der Waals surface area contributed by atoms with Gasteiger partial charge in [-0.2, -0.15) is 61.5 Å². The van der Waals surface area contributed by atoms with Crippen molar-refractivity contribution in [2.24, 2.45) is 5.41 Å². The van der Waals surface area contributed by atoms with Crippen molar-refractivity contribution < 1.29 is 85.6 Å². The molecule has 0 radical (unpaired) electrons. The third-order valence-electron chi connectivity index (χ3n) is 4.58. The van der Waals surface area contributed by atoms with Crippen LogP contribution in [0.15, 0.2) is 0 Å². The normalized spacial score (nSPS) is 17.0. The molecule has 0 rings (SSSR count). The molecule has 0 spiro atoms. The summed E-state index contributed by atoms with van der Waals surface area (Å²) >= 11 is 0. The van der Waals surface area contributed by atoms with Gasteiger partial charge in [-0.25, -0.2) is 9.18 Å². The molecular formula is C14H13F15O4. The molecular weight excluding hydrogens is 517 g/mol. The van der Waals surface area contributed by atoms with E-state index in [4.69, 9.17) is 10.2 Å². The number of aliphatic hydroxyl groups is 2. The summed E-state index contributed by atoms with van der Waals surface area (Å²) in [5.41, 5.74) is -10.2. The predicted octanol–water partition coefficient (Wildman–Crippen LogP) is 4.28. The van der Waals surface area contributed by atoms with E-state index in [0.717, 1.165) is 6.92 Å². The second kappa shape index (κ2) is 8.84. The first-order valence-electron chi connectivity index (χ1n) is 8.04. The van der Waals surface area contributed by atoms with Gasteiger partial charge in [0.1, 0.15) is 6.61 Å². The highest BCUT2D eigenvalue weighted by Gasteiger charge is 2.95. The monoisotopic (exact) mass is 530 g/mol. The van der Waals surface area contributed by atoms with E-state index in [-0.39, 0.29) is 0 Å². The molecule has 0 fully saturated rings. The number of aliphatic hydroxyl groups excluding tert-OH is 2. The minimum Gasteiger partial charge on any atom is -0.462 e. The zero-order valence-corrected chi connectivity index (χ0v) is 15.7. The molecule has 0 aromatic carbocycles. The van der Waals surface area contributed by atoms with Gasteiger partial charge in [0, 0.05) is 0 Å². The Morgan fingerprint density at radius 3 is 1.27 bits per heavy atom. The van der Waals surface area contributed by atoms with Crippen LogP contribution in [0.2, 0.25) is 0 Å². The molecule has 1 unspecified atom stereocenters. The third-order valence-corrected chi connectivity index (χ3v) is 4.58. The van der Waals surface area contributed by atoms with Gasteiger partial charge in [0.15, 0.2) is 0 Å². The number of hydrogen-bond acceptors (Lipinski definition) is 4. The Balaban J connectivity index is 6.98. The zero-order chi connectivity index (χ0) is 27.1. The second-order valence-electron chi connectivity index (χ2n) is 6.70. The molecule has 0 heterocycles. The maximum absolute atomic E-state index is 14.5. The Morgan fingerprint density at radius 1 is 0.636 bits per heavy atom. The highest BCUT2D eigenvalue weighted by Crippen LogP contribution is 2.62. The molecule has 1 atom stereocenters. The number of alkyl halides is 15. The molecule has 0 saturated carbocycles. The van der Waals surface area contributed by atoms with Gasteiger partial charge in [-0.05, 0) is 6.42 Å². The molecule has 4 nitrogen and oxygen atoms in total. The van der Waals surface area contributed by atoms with Crippen molar-refractivity contribution in [2.45, 2.75) is 55.1 Å². The first kappa shape index (κ1) is 31.3. The molecule has 0 aromatic heterocycles. The highest BCUT2D eigenvalue weighted by molar-refractivity contribution is 5.83. The molecule has 0 aromatic rings. The van der Waals surface area contributed by atoms with Gasteiger partial charge >= 0.3 is 47.7 Å². The Hall–Kier alpha value is -1.66. The fourth-order valence-corrected chi connectivity index (χ4v) is 2.03. The van der Waals surface area contributed by atoms with Crippen molar-refractivity contribution in [3.63, 3.8) is 0 Å². The van der Waals surface area contributed by atoms with Crippen LogP contribution in [0.25, 0.3) is 0 Å². The average Bonchev–Trinajstić information content (AvgIpc) is 2.66. The number of rotatable bonds is 10. The molecule has 0 saturated heterocycles. The lowest BCUT2D eigenvalue weighted by molar-refractivity contribution is -0.434. The van der Waals surface area contributed by atoms with E-state index in [1.165, 1.54) is 0 Å². The molecule has 0 bridgehead atoms. The van der Waals surface area contributed by atoms with Crippen LogP contribution in [0.1, 0.15) is 13.3 Å². The van der Waals surface area contributed by atoms with E-state index in [2.05, 4.69) is 4.74 Å². The summed E-state index contributed by atoms with van der Waals surface area (Å²) < 4.78 is 200. The summed E-state index contributed by atoms with van der Waals surface area (Å²) in [6.45, 7) is -3.66. The van der Waals surface area contributed by atoms with Crippen LogP contribution in [0.5, 0.6) is 0 Å². The molecule has 2 N–H and O–H groups in total. The number of carbonyl (C=O) groups excluding carboxylic acids is 1. The second-order valence-corrected chi connectivity index (χ2v) is 6.70. The standard InChI is InChI=1S/C14H13F15O4/c1-2-7(3-30,4-31)5-33-6(32)8(15,10(18,19)13(24,25)26)9(16,17)11(20,21)12(22,23)14(27,28)29/h30-31H,2-5H2,1H3. The van der Waals surface area contributed by atoms with E-state index in [1.807, 2.05) is 0 Å². The fraction of sp³-hybridized carbons (Fsp3) is 0.929. The number of halogens is 15. The van der Waals surface area contributed by atoms with Gasteiger partial charge < -0.3 is 14.9 Å². The summed E-state index contributed by atoms with van der Waals surface area (Å²) in [5.74, 6) is -37.3. The number of esters is 1. The van der Waals surface area contributed by atoms with E-state index in [1.54, 1.807) is 0 Å². The summed E-state index contributed by atoms with van der Waals surface area (Å²) in [7, 11) is 0. The fourth-order valence-electron chi connectivity index (χ4n) is 2.03. The lowest BCUT2D eigenvalue weighted by atomic mass is 9.83. The van der Waals surface area contributed by atoms with Crippen molar-refractivity contribution in [2.75, 3.05) is 19.8 Å². The van der Waals surface area contributed by atoms with Crippen molar-refractivity contribution in [3.05, 3.63) is 0 Å². The van der Waals surface area contributed by atoms with Gasteiger partial charge in [-0.15, -0.1) is 0 Å². The molecule has 0 aliphatic carbocycles. The molecule has 0 aliphatic heterocycles. The van der Waals surface area contributed by atoms with Crippen LogP contribution < -0.4 is 0 Å². The van der Waals surface area contributed by atoms with Crippen LogP contribution in [-0.2, 0) is 9.53 Å². The smallest absolute Gasteiger partial charge is 0.460 e.